The van der Waals surface area contributed by atoms with E-state index in [1.54, 1.807) is 18.2 Å². The number of allylic oxidation sites excluding steroid dienone is 1. The van der Waals surface area contributed by atoms with Gasteiger partial charge >= 0.3 is 11.9 Å². The number of hydrogen-bond acceptors (Lipinski definition) is 6. The zero-order valence-electron chi connectivity index (χ0n) is 12.7. The van der Waals surface area contributed by atoms with E-state index < -0.39 is 32.4 Å². The summed E-state index contributed by atoms with van der Waals surface area (Å²) in [4.78, 5) is 24.0. The number of carbonyl (C=O) groups is 2. The number of esters is 2. The third-order valence-electron chi connectivity index (χ3n) is 4.04. The van der Waals surface area contributed by atoms with Gasteiger partial charge in [-0.2, -0.15) is 0 Å². The van der Waals surface area contributed by atoms with Gasteiger partial charge < -0.3 is 9.47 Å². The van der Waals surface area contributed by atoms with Crippen LogP contribution < -0.4 is 0 Å². The van der Waals surface area contributed by atoms with E-state index in [2.05, 4.69) is 11.3 Å². The molecule has 23 heavy (non-hydrogen) atoms. The highest BCUT2D eigenvalue weighted by molar-refractivity contribution is 7.93. The summed E-state index contributed by atoms with van der Waals surface area (Å²) in [5.41, 5.74) is 0. The van der Waals surface area contributed by atoms with Crippen LogP contribution in [0.15, 0.2) is 47.9 Å². The van der Waals surface area contributed by atoms with Crippen LogP contribution in [0.3, 0.4) is 0 Å². The predicted molar refractivity (Wildman–Crippen MR) is 82.3 cm³/mol. The first-order valence-electron chi connectivity index (χ1n) is 7.04. The Kier molecular flexibility index (Phi) is 4.89. The van der Waals surface area contributed by atoms with E-state index in [9.17, 15) is 18.0 Å². The van der Waals surface area contributed by atoms with Crippen molar-refractivity contribution in [2.45, 2.75) is 22.5 Å². The number of methoxy groups -OCH3 is 1. The third-order valence-corrected chi connectivity index (χ3v) is 6.56. The molecule has 1 saturated heterocycles. The molecule has 6 nitrogen and oxygen atoms in total. The maximum absolute atomic E-state index is 13.1. The molecule has 1 aliphatic heterocycles. The first-order valence-corrected chi connectivity index (χ1v) is 8.53. The summed E-state index contributed by atoms with van der Waals surface area (Å²) >= 11 is 0. The van der Waals surface area contributed by atoms with Gasteiger partial charge in [-0.25, -0.2) is 8.42 Å². The average molecular weight is 338 g/mol. The lowest BCUT2D eigenvalue weighted by molar-refractivity contribution is -0.142. The summed E-state index contributed by atoms with van der Waals surface area (Å²) in [7, 11) is -2.86. The van der Waals surface area contributed by atoms with Crippen LogP contribution in [0.4, 0.5) is 0 Å². The number of ether oxygens (including phenoxy) is 2. The van der Waals surface area contributed by atoms with Gasteiger partial charge in [0.1, 0.15) is 0 Å². The summed E-state index contributed by atoms with van der Waals surface area (Å²) in [6.07, 6.45) is 1.00. The van der Waals surface area contributed by atoms with Gasteiger partial charge in [0.2, 0.25) is 0 Å². The summed E-state index contributed by atoms with van der Waals surface area (Å²) in [5.74, 6) is -2.27. The normalized spacial score (nSPS) is 24.0. The zero-order chi connectivity index (χ0) is 17.1. The molecule has 2 rings (SSSR count). The molecule has 0 unspecified atom stereocenters. The van der Waals surface area contributed by atoms with Crippen molar-refractivity contribution in [1.29, 1.82) is 0 Å². The van der Waals surface area contributed by atoms with Gasteiger partial charge in [-0.15, -0.1) is 6.58 Å². The minimum absolute atomic E-state index is 0.00978. The molecule has 7 heteroatoms. The van der Waals surface area contributed by atoms with E-state index >= 15 is 0 Å². The van der Waals surface area contributed by atoms with Crippen molar-refractivity contribution >= 4 is 21.8 Å². The molecule has 0 N–H and O–H groups in total. The lowest BCUT2D eigenvalue weighted by atomic mass is 9.88. The summed E-state index contributed by atoms with van der Waals surface area (Å²) in [6.45, 7) is 3.41. The Balaban J connectivity index is 2.58. The van der Waals surface area contributed by atoms with Crippen molar-refractivity contribution in [3.63, 3.8) is 0 Å². The molecule has 0 bridgehead atoms. The van der Waals surface area contributed by atoms with Crippen molar-refractivity contribution in [1.82, 2.24) is 0 Å². The number of benzene rings is 1. The Morgan fingerprint density at radius 1 is 1.43 bits per heavy atom. The van der Waals surface area contributed by atoms with Crippen molar-refractivity contribution < 1.29 is 27.5 Å². The fraction of sp³-hybridized carbons (Fsp3) is 0.375. The predicted octanol–water partition coefficient (Wildman–Crippen LogP) is 1.51. The Bertz CT molecular complexity index is 709. The highest BCUT2D eigenvalue weighted by Crippen LogP contribution is 2.43. The van der Waals surface area contributed by atoms with Crippen LogP contribution in [0, 0.1) is 5.92 Å². The van der Waals surface area contributed by atoms with Crippen LogP contribution in [-0.2, 0) is 28.9 Å². The smallest absolute Gasteiger partial charge is 0.328 e. The maximum Gasteiger partial charge on any atom is 0.328 e. The minimum atomic E-state index is -4.07. The SMILES string of the molecule is C=CC[C@@]1(S(=O)(=O)c2ccccc2)C(=O)OC[C@@H]1CC(=O)OC. The topological polar surface area (TPSA) is 86.7 Å². The zero-order valence-corrected chi connectivity index (χ0v) is 13.5. The van der Waals surface area contributed by atoms with Gasteiger partial charge in [0, 0.05) is 5.92 Å². The Hall–Kier alpha value is -2.15. The van der Waals surface area contributed by atoms with E-state index in [1.807, 2.05) is 0 Å². The molecule has 1 aliphatic rings. The molecule has 0 spiro atoms. The van der Waals surface area contributed by atoms with E-state index in [0.717, 1.165) is 0 Å². The van der Waals surface area contributed by atoms with Gasteiger partial charge in [0.05, 0.1) is 25.0 Å². The molecule has 0 saturated carbocycles. The van der Waals surface area contributed by atoms with Gasteiger partial charge in [-0.3, -0.25) is 9.59 Å². The summed E-state index contributed by atoms with van der Waals surface area (Å²) in [5, 5.41) is 0. The van der Waals surface area contributed by atoms with E-state index in [4.69, 9.17) is 4.74 Å². The molecule has 0 amide bonds. The average Bonchev–Trinajstić information content (AvgIpc) is 2.86. The van der Waals surface area contributed by atoms with Crippen LogP contribution in [0.5, 0.6) is 0 Å². The van der Waals surface area contributed by atoms with Crippen molar-refractivity contribution in [2.75, 3.05) is 13.7 Å². The molecule has 0 radical (unpaired) electrons. The van der Waals surface area contributed by atoms with Gasteiger partial charge in [-0.1, -0.05) is 24.3 Å². The quantitative estimate of drug-likeness (QED) is 0.577. The second kappa shape index (κ2) is 6.54. The lowest BCUT2D eigenvalue weighted by Gasteiger charge is -2.29. The maximum atomic E-state index is 13.1. The molecule has 1 heterocycles. The number of carbonyl (C=O) groups excluding carboxylic acids is 2. The van der Waals surface area contributed by atoms with Crippen molar-refractivity contribution in [3.05, 3.63) is 43.0 Å². The Morgan fingerprint density at radius 3 is 2.65 bits per heavy atom. The standard InChI is InChI=1S/C16H18O6S/c1-3-9-16(23(19,20)13-7-5-4-6-8-13)12(10-14(17)21-2)11-22-15(16)18/h3-8,12H,1,9-11H2,2H3/t12-,16-/m0/s1. The van der Waals surface area contributed by atoms with E-state index in [-0.39, 0.29) is 24.3 Å². The molecule has 1 fully saturated rings. The summed E-state index contributed by atoms with van der Waals surface area (Å²) in [6, 6.07) is 7.66. The molecule has 1 aromatic carbocycles. The molecule has 0 aliphatic carbocycles. The highest BCUT2D eigenvalue weighted by Gasteiger charge is 2.61. The van der Waals surface area contributed by atoms with Crippen molar-refractivity contribution in [2.24, 2.45) is 5.92 Å². The van der Waals surface area contributed by atoms with Crippen LogP contribution in [0.1, 0.15) is 12.8 Å². The first-order chi connectivity index (χ1) is 10.9. The monoisotopic (exact) mass is 338 g/mol. The fourth-order valence-corrected chi connectivity index (χ4v) is 4.96. The van der Waals surface area contributed by atoms with Crippen molar-refractivity contribution in [3.8, 4) is 0 Å². The first kappa shape index (κ1) is 17.2. The van der Waals surface area contributed by atoms with Gasteiger partial charge in [0.25, 0.3) is 0 Å². The van der Waals surface area contributed by atoms with Crippen LogP contribution in [0.2, 0.25) is 0 Å². The van der Waals surface area contributed by atoms with Crippen LogP contribution in [0.25, 0.3) is 0 Å². The lowest BCUT2D eigenvalue weighted by Crippen LogP contribution is -2.49. The molecule has 124 valence electrons. The second-order valence-electron chi connectivity index (χ2n) is 5.27. The third kappa shape index (κ3) is 2.76. The number of hydrogen-bond donors (Lipinski definition) is 0. The Morgan fingerprint density at radius 2 is 2.09 bits per heavy atom. The van der Waals surface area contributed by atoms with Crippen LogP contribution in [-0.4, -0.2) is 38.8 Å². The van der Waals surface area contributed by atoms with E-state index in [1.165, 1.54) is 25.3 Å². The number of sulfone groups is 1. The molecule has 2 atom stereocenters. The Labute approximate surface area is 135 Å². The molecular weight excluding hydrogens is 320 g/mol. The van der Waals surface area contributed by atoms with Gasteiger partial charge in [-0.05, 0) is 18.6 Å². The number of rotatable bonds is 6. The molecule has 1 aromatic rings. The molecule has 0 aromatic heterocycles. The fourth-order valence-electron chi connectivity index (χ4n) is 2.82. The van der Waals surface area contributed by atoms with Gasteiger partial charge in [0.15, 0.2) is 14.6 Å². The highest BCUT2D eigenvalue weighted by atomic mass is 32.2. The van der Waals surface area contributed by atoms with Crippen LogP contribution >= 0.6 is 0 Å². The number of cyclic esters (lactones) is 1. The minimum Gasteiger partial charge on any atom is -0.469 e. The largest absolute Gasteiger partial charge is 0.469 e. The summed E-state index contributed by atoms with van der Waals surface area (Å²) < 4.78 is 34.0. The van der Waals surface area contributed by atoms with E-state index in [0.29, 0.717) is 0 Å². The second-order valence-corrected chi connectivity index (χ2v) is 7.48. The molecular formula is C16H18O6S.